The van der Waals surface area contributed by atoms with Crippen LogP contribution in [0.1, 0.15) is 151 Å². The van der Waals surface area contributed by atoms with Crippen molar-refractivity contribution in [2.75, 3.05) is 68.6 Å². The summed E-state index contributed by atoms with van der Waals surface area (Å²) < 4.78 is 47.4. The molecule has 753 valence electrons. The second kappa shape index (κ2) is 63.9. The number of pyridine rings is 2. The average Bonchev–Trinajstić information content (AvgIpc) is 0.741. The largest absolute Gasteiger partial charge is 1.00 e. The monoisotopic (exact) mass is 2120 g/mol. The molecule has 4 heterocycles. The van der Waals surface area contributed by atoms with Crippen molar-refractivity contribution < 1.29 is 93.0 Å². The molecule has 21 nitrogen and oxygen atoms in total. The molecular weight excluding hydrogens is 2010 g/mol. The van der Waals surface area contributed by atoms with Gasteiger partial charge in [0, 0.05) is 101 Å². The van der Waals surface area contributed by atoms with Gasteiger partial charge in [-0.25, -0.2) is 4.21 Å². The summed E-state index contributed by atoms with van der Waals surface area (Å²) in [5.74, 6) is 2.15. The number of alkyl halides is 2. The fourth-order valence-corrected chi connectivity index (χ4v) is 14.5. The molecular formula is C119H119BBrCl3N6NaO15S. The number of nitrogens with one attached hydrogen (secondary N) is 1. The van der Waals surface area contributed by atoms with E-state index in [1.54, 1.807) is 99.6 Å². The summed E-state index contributed by atoms with van der Waals surface area (Å²) in [5, 5.41) is 22.7. The summed E-state index contributed by atoms with van der Waals surface area (Å²) in [7, 11) is 7.36. The number of aromatic hydroxyl groups is 1. The van der Waals surface area contributed by atoms with Gasteiger partial charge >= 0.3 is 29.6 Å². The Kier molecular flexibility index (Phi) is 52.0. The third-order valence-corrected chi connectivity index (χ3v) is 22.4. The predicted octanol–water partition coefficient (Wildman–Crippen LogP) is 22.2. The van der Waals surface area contributed by atoms with Crippen molar-refractivity contribution in [3.63, 3.8) is 0 Å². The summed E-state index contributed by atoms with van der Waals surface area (Å²) in [5.41, 5.74) is 17.2. The van der Waals surface area contributed by atoms with E-state index < -0.39 is 15.3 Å². The van der Waals surface area contributed by atoms with Crippen molar-refractivity contribution in [2.24, 2.45) is 0 Å². The third kappa shape index (κ3) is 37.9. The van der Waals surface area contributed by atoms with Gasteiger partial charge in [0.25, 0.3) is 11.8 Å². The van der Waals surface area contributed by atoms with E-state index in [1.165, 1.54) is 34.6 Å². The molecule has 0 saturated carbocycles. The predicted molar refractivity (Wildman–Crippen MR) is 596 cm³/mol. The molecule has 0 saturated heterocycles. The number of fused-ring (bicyclic) bond motifs is 2. The second-order valence-electron chi connectivity index (χ2n) is 33.2. The van der Waals surface area contributed by atoms with Gasteiger partial charge in [0.2, 0.25) is 20.1 Å². The van der Waals surface area contributed by atoms with Crippen LogP contribution in [0, 0.1) is 0 Å². The van der Waals surface area contributed by atoms with Gasteiger partial charge in [-0.05, 0) is 127 Å². The zero-order chi connectivity index (χ0) is 105. The molecule has 147 heavy (non-hydrogen) atoms. The van der Waals surface area contributed by atoms with E-state index in [2.05, 4.69) is 88.8 Å². The van der Waals surface area contributed by atoms with E-state index in [4.69, 9.17) is 44.2 Å². The SMILES string of the molecule is C=C(C)CBr.C=C(C)COc1ccccc1C(=O)c1ccccc1.C=C(C)COc1ccccc1C(Cl)c1ccccc1.C=C(C)COc1ccccc1C(O)c1ccccc1.C=CCN1CN(C(c2ccccc2)c2ccccc2OCC(=C)C)n2ccc(=O)c(OCc3ccccc3)c2C1=O.C=CCN1CNn2ccc(=O)c(OCc3ccccc3)c2C1=O.O=C(c1ccccc1)c1ccccc1O.O=S(Cl)Cl.[B].[H-].[Na+]. The Morgan fingerprint density at radius 2 is 0.776 bits per heavy atom. The minimum absolute atomic E-state index is 0. The van der Waals surface area contributed by atoms with Gasteiger partial charge in [-0.15, -0.1) is 24.8 Å². The summed E-state index contributed by atoms with van der Waals surface area (Å²) in [6, 6.07) is 106. The van der Waals surface area contributed by atoms with Crippen molar-refractivity contribution in [3.8, 4) is 40.2 Å². The van der Waals surface area contributed by atoms with Crippen molar-refractivity contribution in [3.05, 3.63) is 543 Å². The fraction of sp³-hybridized carbons (Fsp3) is 0.160. The number of amides is 2. The number of aromatic nitrogens is 2. The molecule has 0 fully saturated rings. The molecule has 2 aliphatic heterocycles. The van der Waals surface area contributed by atoms with E-state index >= 15 is 0 Å². The zero-order valence-electron chi connectivity index (χ0n) is 84.1. The van der Waals surface area contributed by atoms with E-state index in [1.807, 2.05) is 300 Å². The second-order valence-corrected chi connectivity index (χ2v) is 36.7. The molecule has 14 aromatic rings. The molecule has 2 aliphatic rings. The Balaban J connectivity index is 0.000000274. The summed E-state index contributed by atoms with van der Waals surface area (Å²) in [6.07, 6.45) is 5.82. The molecule has 3 unspecified atom stereocenters. The molecule has 28 heteroatoms. The smallest absolute Gasteiger partial charge is 1.00 e. The number of hydrogen-bond donors (Lipinski definition) is 3. The first-order valence-electron chi connectivity index (χ1n) is 46.0. The number of aliphatic hydroxyl groups excluding tert-OH is 1. The van der Waals surface area contributed by atoms with E-state index in [0.29, 0.717) is 85.7 Å². The normalized spacial score (nSPS) is 11.7. The number of ketones is 2. The quantitative estimate of drug-likeness (QED) is 0.0111. The first-order chi connectivity index (χ1) is 70.0. The number of ether oxygens (including phenoxy) is 6. The Hall–Kier alpha value is -14.3. The molecule has 3 N–H and O–H groups in total. The molecule has 16 rings (SSSR count). The first-order valence-corrected chi connectivity index (χ1v) is 50.4. The maximum Gasteiger partial charge on any atom is 1.00 e. The standard InChI is InChI=1S/C34H33N3O4.C17H17ClO.C17H17N3O3.C17H18O2.C17H16O2.C13H10O2.C4H7Br.B.Cl2OS.Na.H/c1-4-20-35-24-37(31(27-15-9-6-10-16-27)28-17-11-12-18-30(28)40-22-25(2)3)36-21-19-29(38)33(32(36)34(35)39)41-23-26-13-7-5-8-14-26;1-13(2)12-19-16-11-7-6-10-15(16)17(18)14-8-4-3-5-9-14;1-2-9-19-12-18-20-10-8-14(21)16(15(20)17(19)22)23-11-13-6-4-3-5-7-13;2*1-13(2)12-19-16-11-7-6-10-15(16)17(18)14-8-4-3-5-9-14;14-12-9-5-4-8-11(12)13(15)10-6-2-1-3-7-10;1-4(2)3-5;;1-4(2)3;;/h4-19,21,31H,1-2,20,22-24H2,3H3;3-11,17H,1,12H2,2H3;2-8,10,18H,1,9,11-12H2;3-11,17-18H,1,12H2,2H3;3-11H,1,12H2,2H3;1-9,14H;1,3H2,2H3;;;;/q;;;;;;;;;+1;-1. The minimum Gasteiger partial charge on any atom is -1.00 e. The van der Waals surface area contributed by atoms with Crippen LogP contribution < -0.4 is 79.3 Å². The van der Waals surface area contributed by atoms with Gasteiger partial charge in [-0.3, -0.25) is 43.1 Å². The number of halogens is 4. The maximum absolute atomic E-state index is 13.9. The maximum atomic E-state index is 13.9. The van der Waals surface area contributed by atoms with E-state index in [-0.39, 0.29) is 134 Å². The van der Waals surface area contributed by atoms with Crippen molar-refractivity contribution in [1.82, 2.24) is 19.2 Å². The number of hydrogen-bond acceptors (Lipinski definition) is 17. The number of nitrogens with zero attached hydrogens (tertiary/aromatic N) is 5. The number of phenolic OH excluding ortho intramolecular Hbond substituents is 1. The van der Waals surface area contributed by atoms with Crippen LogP contribution in [-0.2, 0) is 22.4 Å². The zero-order valence-corrected chi connectivity index (χ0v) is 89.8. The number of phenols is 1. The van der Waals surface area contributed by atoms with Crippen LogP contribution in [-0.4, -0.2) is 124 Å². The molecule has 2 aromatic heterocycles. The molecule has 3 radical (unpaired) electrons. The molecule has 3 atom stereocenters. The molecule has 0 spiro atoms. The number of carbonyl (C=O) groups excluding carboxylic acids is 4. The fourth-order valence-electron chi connectivity index (χ4n) is 14.2. The van der Waals surface area contributed by atoms with Crippen molar-refractivity contribution >= 4 is 89.9 Å². The van der Waals surface area contributed by atoms with Crippen LogP contribution in [0.25, 0.3) is 0 Å². The van der Waals surface area contributed by atoms with Crippen molar-refractivity contribution in [2.45, 2.75) is 65.4 Å². The third-order valence-electron chi connectivity index (χ3n) is 21.0. The Labute approximate surface area is 911 Å². The van der Waals surface area contributed by atoms with Gasteiger partial charge in [-0.1, -0.05) is 358 Å². The Morgan fingerprint density at radius 3 is 1.22 bits per heavy atom. The van der Waals surface area contributed by atoms with Gasteiger partial charge in [-0.2, -0.15) is 0 Å². The van der Waals surface area contributed by atoms with E-state index in [9.17, 15) is 39.0 Å². The Morgan fingerprint density at radius 1 is 0.435 bits per heavy atom. The number of para-hydroxylation sites is 5. The Bertz CT molecular complexity index is 6710. The molecule has 2 amide bonds. The van der Waals surface area contributed by atoms with Crippen molar-refractivity contribution in [1.29, 1.82) is 0 Å². The number of carbonyl (C=O) groups is 4. The topological polar surface area (TPSA) is 247 Å². The van der Waals surface area contributed by atoms with Gasteiger partial charge in [0.1, 0.15) is 93.9 Å². The van der Waals surface area contributed by atoms with Crippen LogP contribution in [0.3, 0.4) is 0 Å². The van der Waals surface area contributed by atoms with Gasteiger partial charge in [0.05, 0.1) is 16.5 Å². The van der Waals surface area contributed by atoms with Crippen LogP contribution >= 0.6 is 48.9 Å². The van der Waals surface area contributed by atoms with Crippen LogP contribution in [0.2, 0.25) is 0 Å². The number of rotatable bonds is 34. The molecule has 0 aliphatic carbocycles. The van der Waals surface area contributed by atoms with Crippen LogP contribution in [0.5, 0.6) is 40.2 Å². The van der Waals surface area contributed by atoms with E-state index in [0.717, 1.165) is 77.9 Å². The number of benzene rings is 12. The average molecular weight is 2130 g/mol. The number of aliphatic hydroxyl groups is 1. The van der Waals surface area contributed by atoms with Crippen LogP contribution in [0.4, 0.5) is 0 Å². The summed E-state index contributed by atoms with van der Waals surface area (Å²) in [4.78, 5) is 79.3. The minimum atomic E-state index is -1.67. The first kappa shape index (κ1) is 120. The van der Waals surface area contributed by atoms with Gasteiger partial charge < -0.3 is 55.3 Å². The molecule has 12 aromatic carbocycles. The summed E-state index contributed by atoms with van der Waals surface area (Å²) >= 11 is 9.76. The number of allylic oxidation sites excluding steroid dienone is 1. The van der Waals surface area contributed by atoms with Gasteiger partial charge in [0.15, 0.2) is 34.5 Å². The molecule has 0 bridgehead atoms. The van der Waals surface area contributed by atoms with Crippen LogP contribution in [0.15, 0.2) is 454 Å². The summed E-state index contributed by atoms with van der Waals surface area (Å²) in [6.45, 7) is 39.6.